The van der Waals surface area contributed by atoms with E-state index in [1.807, 2.05) is 42.0 Å². The molecule has 0 unspecified atom stereocenters. The molecule has 1 aromatic carbocycles. The number of benzene rings is 1. The van der Waals surface area contributed by atoms with Crippen LogP contribution in [0.2, 0.25) is 0 Å². The molecule has 3 aromatic heterocycles. The van der Waals surface area contributed by atoms with Gasteiger partial charge in [0.2, 0.25) is 0 Å². The number of anilines is 2. The number of hydrogen-bond acceptors (Lipinski definition) is 6. The van der Waals surface area contributed by atoms with Crippen molar-refractivity contribution in [3.63, 3.8) is 0 Å². The lowest BCUT2D eigenvalue weighted by Crippen LogP contribution is -2.01. The summed E-state index contributed by atoms with van der Waals surface area (Å²) in [6, 6.07) is 9.34. The molecule has 0 aliphatic rings. The van der Waals surface area contributed by atoms with Gasteiger partial charge in [0.15, 0.2) is 5.82 Å². The molecule has 0 spiro atoms. The lowest BCUT2D eigenvalue weighted by Gasteiger charge is -2.08. The fourth-order valence-corrected chi connectivity index (χ4v) is 2.61. The van der Waals surface area contributed by atoms with Gasteiger partial charge in [-0.1, -0.05) is 6.07 Å². The van der Waals surface area contributed by atoms with Crippen LogP contribution >= 0.6 is 0 Å². The molecule has 7 nitrogen and oxygen atoms in total. The minimum absolute atomic E-state index is 0.405. The second-order valence-corrected chi connectivity index (χ2v) is 5.53. The maximum Gasteiger partial charge on any atom is 0.161 e. The Morgan fingerprint density at radius 1 is 1.00 bits per heavy atom. The van der Waals surface area contributed by atoms with Crippen molar-refractivity contribution in [1.82, 2.24) is 24.5 Å². The summed E-state index contributed by atoms with van der Waals surface area (Å²) < 4.78 is 1.86. The molecule has 0 aliphatic carbocycles. The van der Waals surface area contributed by atoms with E-state index in [1.54, 1.807) is 12.3 Å². The van der Waals surface area contributed by atoms with Crippen LogP contribution in [-0.4, -0.2) is 24.5 Å². The van der Waals surface area contributed by atoms with Crippen LogP contribution in [0, 0.1) is 6.92 Å². The molecule has 4 rings (SSSR count). The quantitative estimate of drug-likeness (QED) is 0.549. The highest BCUT2D eigenvalue weighted by molar-refractivity contribution is 5.79. The normalized spacial score (nSPS) is 11.0. The number of fused-ring (bicyclic) bond motifs is 1. The highest BCUT2D eigenvalue weighted by Crippen LogP contribution is 2.25. The smallest absolute Gasteiger partial charge is 0.161 e. The summed E-state index contributed by atoms with van der Waals surface area (Å²) in [5.41, 5.74) is 15.1. The van der Waals surface area contributed by atoms with Crippen LogP contribution in [0.3, 0.4) is 0 Å². The van der Waals surface area contributed by atoms with Crippen molar-refractivity contribution in [3.8, 4) is 17.2 Å². The van der Waals surface area contributed by atoms with Gasteiger partial charge < -0.3 is 11.5 Å². The molecule has 24 heavy (non-hydrogen) atoms. The second-order valence-electron chi connectivity index (χ2n) is 5.53. The first-order valence-corrected chi connectivity index (χ1v) is 7.40. The molecule has 0 atom stereocenters. The van der Waals surface area contributed by atoms with E-state index in [2.05, 4.69) is 15.0 Å². The molecule has 0 fully saturated rings. The van der Waals surface area contributed by atoms with Crippen molar-refractivity contribution >= 4 is 22.5 Å². The topological polar surface area (TPSA) is 109 Å². The van der Waals surface area contributed by atoms with Gasteiger partial charge in [0.25, 0.3) is 0 Å². The first-order valence-electron chi connectivity index (χ1n) is 7.40. The van der Waals surface area contributed by atoms with Gasteiger partial charge in [-0.3, -0.25) is 4.57 Å². The molecular weight excluding hydrogens is 302 g/mol. The van der Waals surface area contributed by atoms with Crippen LogP contribution in [0.4, 0.5) is 11.5 Å². The lowest BCUT2D eigenvalue weighted by atomic mass is 10.1. The Bertz CT molecular complexity index is 1050. The van der Waals surface area contributed by atoms with E-state index in [0.717, 1.165) is 22.2 Å². The molecule has 0 saturated heterocycles. The van der Waals surface area contributed by atoms with Crippen LogP contribution < -0.4 is 11.5 Å². The third-order valence-electron chi connectivity index (χ3n) is 3.85. The fraction of sp³-hybridized carbons (Fsp3) is 0.0588. The molecular formula is C17H15N7. The predicted octanol–water partition coefficient (Wildman–Crippen LogP) is 2.35. The van der Waals surface area contributed by atoms with E-state index in [9.17, 15) is 0 Å². The maximum absolute atomic E-state index is 5.90. The minimum atomic E-state index is 0.405. The van der Waals surface area contributed by atoms with Gasteiger partial charge in [-0.2, -0.15) is 0 Å². The van der Waals surface area contributed by atoms with Crippen LogP contribution in [0.25, 0.3) is 28.2 Å². The third-order valence-corrected chi connectivity index (χ3v) is 3.85. The van der Waals surface area contributed by atoms with Gasteiger partial charge in [-0.25, -0.2) is 19.9 Å². The molecule has 0 bridgehead atoms. The van der Waals surface area contributed by atoms with Gasteiger partial charge in [-0.05, 0) is 30.7 Å². The number of aryl methyl sites for hydroxylation is 1. The molecule has 4 aromatic rings. The Balaban J connectivity index is 1.92. The highest BCUT2D eigenvalue weighted by Gasteiger charge is 2.11. The van der Waals surface area contributed by atoms with E-state index >= 15 is 0 Å². The summed E-state index contributed by atoms with van der Waals surface area (Å²) in [7, 11) is 0. The van der Waals surface area contributed by atoms with Crippen LogP contribution in [0.1, 0.15) is 5.56 Å². The average molecular weight is 317 g/mol. The van der Waals surface area contributed by atoms with Crippen molar-refractivity contribution in [2.45, 2.75) is 6.92 Å². The Labute approximate surface area is 138 Å². The first kappa shape index (κ1) is 14.1. The number of aromatic nitrogens is 5. The van der Waals surface area contributed by atoms with Crippen molar-refractivity contribution in [1.29, 1.82) is 0 Å². The zero-order valence-electron chi connectivity index (χ0n) is 13.0. The summed E-state index contributed by atoms with van der Waals surface area (Å²) in [5, 5.41) is 0.914. The third kappa shape index (κ3) is 2.32. The Kier molecular flexibility index (Phi) is 3.13. The number of hydrogen-bond donors (Lipinski definition) is 2. The maximum atomic E-state index is 5.90. The summed E-state index contributed by atoms with van der Waals surface area (Å²) in [5.74, 6) is 1.68. The molecule has 0 saturated carbocycles. The van der Waals surface area contributed by atoms with Crippen molar-refractivity contribution in [2.75, 3.05) is 11.5 Å². The van der Waals surface area contributed by atoms with Crippen LogP contribution in [0.15, 0.2) is 49.1 Å². The van der Waals surface area contributed by atoms with Crippen LogP contribution in [-0.2, 0) is 0 Å². The molecule has 118 valence electrons. The van der Waals surface area contributed by atoms with Crippen molar-refractivity contribution in [3.05, 3.63) is 54.6 Å². The van der Waals surface area contributed by atoms with E-state index in [4.69, 9.17) is 16.5 Å². The SMILES string of the molecule is Cc1ccc(N)cc1-c1ncc2ccn(-c3cc(N)ncn3)c2n1. The van der Waals surface area contributed by atoms with Gasteiger partial charge in [0.05, 0.1) is 0 Å². The molecule has 3 heterocycles. The van der Waals surface area contributed by atoms with Gasteiger partial charge in [-0.15, -0.1) is 0 Å². The Morgan fingerprint density at radius 3 is 2.71 bits per heavy atom. The van der Waals surface area contributed by atoms with E-state index < -0.39 is 0 Å². The summed E-state index contributed by atoms with van der Waals surface area (Å²) in [6.07, 6.45) is 5.11. The van der Waals surface area contributed by atoms with E-state index in [0.29, 0.717) is 23.1 Å². The average Bonchev–Trinajstić information content (AvgIpc) is 3.00. The van der Waals surface area contributed by atoms with Gasteiger partial charge in [0.1, 0.15) is 23.6 Å². The zero-order valence-corrected chi connectivity index (χ0v) is 13.0. The number of nitrogens with two attached hydrogens (primary N) is 2. The zero-order chi connectivity index (χ0) is 16.7. The number of nitrogen functional groups attached to an aromatic ring is 2. The number of nitrogens with zero attached hydrogens (tertiary/aromatic N) is 5. The fourth-order valence-electron chi connectivity index (χ4n) is 2.61. The Hall–Kier alpha value is -3.48. The van der Waals surface area contributed by atoms with Crippen molar-refractivity contribution < 1.29 is 0 Å². The molecule has 7 heteroatoms. The number of rotatable bonds is 2. The monoisotopic (exact) mass is 317 g/mol. The summed E-state index contributed by atoms with van der Waals surface area (Å²) in [4.78, 5) is 17.4. The van der Waals surface area contributed by atoms with Gasteiger partial charge in [0, 0.05) is 35.1 Å². The largest absolute Gasteiger partial charge is 0.399 e. The summed E-state index contributed by atoms with van der Waals surface area (Å²) >= 11 is 0. The Morgan fingerprint density at radius 2 is 1.88 bits per heavy atom. The van der Waals surface area contributed by atoms with Gasteiger partial charge >= 0.3 is 0 Å². The van der Waals surface area contributed by atoms with Crippen LogP contribution in [0.5, 0.6) is 0 Å². The first-order chi connectivity index (χ1) is 11.6. The highest BCUT2D eigenvalue weighted by atomic mass is 15.1. The van der Waals surface area contributed by atoms with Crippen molar-refractivity contribution in [2.24, 2.45) is 0 Å². The molecule has 0 radical (unpaired) electrons. The summed E-state index contributed by atoms with van der Waals surface area (Å²) in [6.45, 7) is 2.01. The predicted molar refractivity (Wildman–Crippen MR) is 93.5 cm³/mol. The second kappa shape index (κ2) is 5.31. The standard InChI is InChI=1S/C17H15N7/c1-10-2-3-12(18)6-13(10)16-20-8-11-4-5-24(17(11)23-16)15-7-14(19)21-9-22-15/h2-9H,18H2,1H3,(H2,19,21,22). The lowest BCUT2D eigenvalue weighted by molar-refractivity contribution is 0.995. The molecule has 4 N–H and O–H groups in total. The van der Waals surface area contributed by atoms with E-state index in [1.165, 1.54) is 6.33 Å². The van der Waals surface area contributed by atoms with E-state index in [-0.39, 0.29) is 0 Å². The molecule has 0 amide bonds. The minimum Gasteiger partial charge on any atom is -0.399 e. The molecule has 0 aliphatic heterocycles.